The average Bonchev–Trinajstić information content (AvgIpc) is 3.03. The summed E-state index contributed by atoms with van der Waals surface area (Å²) >= 11 is 0. The molecule has 0 bridgehead atoms. The third-order valence-electron chi connectivity index (χ3n) is 4.68. The van der Waals surface area contributed by atoms with Crippen molar-refractivity contribution in [1.29, 1.82) is 0 Å². The van der Waals surface area contributed by atoms with Crippen LogP contribution in [0.3, 0.4) is 0 Å². The minimum Gasteiger partial charge on any atom is -0.492 e. The van der Waals surface area contributed by atoms with E-state index in [1.807, 2.05) is 32.0 Å². The van der Waals surface area contributed by atoms with Crippen LogP contribution in [0.1, 0.15) is 36.8 Å². The van der Waals surface area contributed by atoms with E-state index in [0.717, 1.165) is 42.4 Å². The van der Waals surface area contributed by atoms with E-state index in [0.29, 0.717) is 31.5 Å². The van der Waals surface area contributed by atoms with E-state index in [4.69, 9.17) is 9.15 Å². The summed E-state index contributed by atoms with van der Waals surface area (Å²) in [6.45, 7) is 13.0. The lowest BCUT2D eigenvalue weighted by Crippen LogP contribution is -2.36. The van der Waals surface area contributed by atoms with Gasteiger partial charge < -0.3 is 24.7 Å². The lowest BCUT2D eigenvalue weighted by atomic mass is 10.2. The molecule has 0 spiro atoms. The van der Waals surface area contributed by atoms with Crippen molar-refractivity contribution in [1.82, 2.24) is 20.5 Å². The Bertz CT molecular complexity index is 740. The molecule has 7 nitrogen and oxygen atoms in total. The maximum absolute atomic E-state index is 6.02. The summed E-state index contributed by atoms with van der Waals surface area (Å²) in [7, 11) is 1.74. The molecule has 0 fully saturated rings. The molecule has 0 aliphatic carbocycles. The number of benzene rings is 1. The van der Waals surface area contributed by atoms with Gasteiger partial charge in [0.15, 0.2) is 5.96 Å². The zero-order chi connectivity index (χ0) is 20.4. The van der Waals surface area contributed by atoms with Gasteiger partial charge >= 0.3 is 0 Å². The Labute approximate surface area is 191 Å². The zero-order valence-corrected chi connectivity index (χ0v) is 20.4. The first-order valence-corrected chi connectivity index (χ1v) is 9.87. The number of guanidine groups is 1. The highest BCUT2D eigenvalue weighted by molar-refractivity contribution is 14.0. The lowest BCUT2D eigenvalue weighted by Gasteiger charge is -2.19. The van der Waals surface area contributed by atoms with Crippen LogP contribution in [0.5, 0.6) is 5.75 Å². The molecule has 29 heavy (non-hydrogen) atoms. The van der Waals surface area contributed by atoms with E-state index in [1.165, 1.54) is 0 Å². The van der Waals surface area contributed by atoms with Crippen molar-refractivity contribution in [3.8, 4) is 5.75 Å². The first-order valence-electron chi connectivity index (χ1n) is 9.87. The summed E-state index contributed by atoms with van der Waals surface area (Å²) in [5.74, 6) is 3.08. The molecule has 2 rings (SSSR count). The van der Waals surface area contributed by atoms with Crippen molar-refractivity contribution in [2.24, 2.45) is 4.99 Å². The largest absolute Gasteiger partial charge is 0.492 e. The summed E-state index contributed by atoms with van der Waals surface area (Å²) in [5, 5.41) is 6.54. The van der Waals surface area contributed by atoms with Gasteiger partial charge in [0, 0.05) is 25.7 Å². The first kappa shape index (κ1) is 25.2. The highest BCUT2D eigenvalue weighted by Gasteiger charge is 2.08. The van der Waals surface area contributed by atoms with Crippen LogP contribution in [-0.2, 0) is 13.1 Å². The van der Waals surface area contributed by atoms with E-state index in [1.54, 1.807) is 7.05 Å². The Hall–Kier alpha value is -1.81. The third kappa shape index (κ3) is 8.22. The molecular formula is C21H34IN5O2. The van der Waals surface area contributed by atoms with Gasteiger partial charge in [-0.1, -0.05) is 32.0 Å². The maximum atomic E-state index is 6.02. The van der Waals surface area contributed by atoms with Crippen molar-refractivity contribution in [3.63, 3.8) is 0 Å². The van der Waals surface area contributed by atoms with Crippen molar-refractivity contribution < 1.29 is 9.15 Å². The Morgan fingerprint density at radius 2 is 1.83 bits per heavy atom. The number of likely N-dealkylation sites (N-methyl/N-ethyl adjacent to an activating group) is 1. The van der Waals surface area contributed by atoms with E-state index >= 15 is 0 Å². The molecule has 0 unspecified atom stereocenters. The van der Waals surface area contributed by atoms with Crippen molar-refractivity contribution in [3.05, 3.63) is 47.2 Å². The third-order valence-corrected chi connectivity index (χ3v) is 4.68. The highest BCUT2D eigenvalue weighted by Crippen LogP contribution is 2.17. The molecule has 8 heteroatoms. The van der Waals surface area contributed by atoms with E-state index in [9.17, 15) is 0 Å². The molecule has 0 aliphatic heterocycles. The Morgan fingerprint density at radius 3 is 2.45 bits per heavy atom. The molecule has 1 heterocycles. The predicted octanol–water partition coefficient (Wildman–Crippen LogP) is 3.50. The van der Waals surface area contributed by atoms with Gasteiger partial charge in [-0.3, -0.25) is 4.99 Å². The second-order valence-corrected chi connectivity index (χ2v) is 6.51. The number of oxazole rings is 1. The predicted molar refractivity (Wildman–Crippen MR) is 128 cm³/mol. The molecule has 0 radical (unpaired) electrons. The topological polar surface area (TPSA) is 74.9 Å². The molecule has 162 valence electrons. The number of nitrogens with one attached hydrogen (secondary N) is 2. The normalized spacial score (nSPS) is 11.3. The summed E-state index contributed by atoms with van der Waals surface area (Å²) in [6.07, 6.45) is 0. The Morgan fingerprint density at radius 1 is 1.14 bits per heavy atom. The molecule has 0 saturated heterocycles. The van der Waals surface area contributed by atoms with Gasteiger partial charge in [-0.25, -0.2) is 4.98 Å². The van der Waals surface area contributed by atoms with Gasteiger partial charge in [0.2, 0.25) is 5.89 Å². The van der Waals surface area contributed by atoms with Crippen LogP contribution in [0.4, 0.5) is 0 Å². The number of rotatable bonds is 10. The van der Waals surface area contributed by atoms with Crippen LogP contribution in [0.15, 0.2) is 33.7 Å². The number of aryl methyl sites for hydroxylation is 2. The number of aromatic nitrogens is 1. The van der Waals surface area contributed by atoms with E-state index in [-0.39, 0.29) is 24.0 Å². The van der Waals surface area contributed by atoms with E-state index < -0.39 is 0 Å². The fourth-order valence-electron chi connectivity index (χ4n) is 2.79. The van der Waals surface area contributed by atoms with Gasteiger partial charge in [-0.05, 0) is 33.0 Å². The monoisotopic (exact) mass is 515 g/mol. The summed E-state index contributed by atoms with van der Waals surface area (Å²) < 4.78 is 11.6. The minimum absolute atomic E-state index is 0. The lowest BCUT2D eigenvalue weighted by molar-refractivity contribution is 0.221. The standard InChI is InChI=1S/C21H33N5O2.HI/c1-6-26(7-2)12-13-27-19-11-9-8-10-18(19)14-23-21(22-5)24-15-20-25-16(3)17(4)28-20;/h8-11H,6-7,12-15H2,1-5H3,(H2,22,23,24);1H. The van der Waals surface area contributed by atoms with Gasteiger partial charge in [0.25, 0.3) is 0 Å². The van der Waals surface area contributed by atoms with Crippen LogP contribution in [-0.4, -0.2) is 49.1 Å². The van der Waals surface area contributed by atoms with Crippen LogP contribution >= 0.6 is 24.0 Å². The van der Waals surface area contributed by atoms with Crippen molar-refractivity contribution >= 4 is 29.9 Å². The second kappa shape index (κ2) is 13.4. The van der Waals surface area contributed by atoms with Crippen LogP contribution < -0.4 is 15.4 Å². The van der Waals surface area contributed by atoms with Gasteiger partial charge in [0.1, 0.15) is 18.1 Å². The first-order chi connectivity index (χ1) is 13.6. The summed E-state index contributed by atoms with van der Waals surface area (Å²) in [6, 6.07) is 8.08. The zero-order valence-electron chi connectivity index (χ0n) is 18.1. The van der Waals surface area contributed by atoms with Crippen molar-refractivity contribution in [2.45, 2.75) is 40.8 Å². The SMILES string of the molecule is CCN(CC)CCOc1ccccc1CNC(=NC)NCc1nc(C)c(C)o1.I. The highest BCUT2D eigenvalue weighted by atomic mass is 127. The van der Waals surface area contributed by atoms with Crippen molar-refractivity contribution in [2.75, 3.05) is 33.3 Å². The van der Waals surface area contributed by atoms with E-state index in [2.05, 4.69) is 45.4 Å². The molecular weight excluding hydrogens is 481 g/mol. The number of para-hydroxylation sites is 1. The van der Waals surface area contributed by atoms with Crippen LogP contribution in [0.2, 0.25) is 0 Å². The molecule has 0 atom stereocenters. The number of aliphatic imine (C=N–C) groups is 1. The average molecular weight is 515 g/mol. The number of nitrogens with zero attached hydrogens (tertiary/aromatic N) is 3. The fourth-order valence-corrected chi connectivity index (χ4v) is 2.79. The number of hydrogen-bond donors (Lipinski definition) is 2. The molecule has 1 aromatic heterocycles. The molecule has 2 aromatic rings. The van der Waals surface area contributed by atoms with Crippen LogP contribution in [0.25, 0.3) is 0 Å². The van der Waals surface area contributed by atoms with Crippen LogP contribution in [0, 0.1) is 13.8 Å². The smallest absolute Gasteiger partial charge is 0.214 e. The molecule has 0 saturated carbocycles. The summed E-state index contributed by atoms with van der Waals surface area (Å²) in [5.41, 5.74) is 2.00. The maximum Gasteiger partial charge on any atom is 0.214 e. The van der Waals surface area contributed by atoms with Gasteiger partial charge in [-0.15, -0.1) is 24.0 Å². The minimum atomic E-state index is 0. The second-order valence-electron chi connectivity index (χ2n) is 6.51. The summed E-state index contributed by atoms with van der Waals surface area (Å²) in [4.78, 5) is 11.0. The quantitative estimate of drug-likeness (QED) is 0.287. The van der Waals surface area contributed by atoms with Gasteiger partial charge in [-0.2, -0.15) is 0 Å². The molecule has 0 aliphatic rings. The Balaban J connectivity index is 0.00000420. The number of halogens is 1. The molecule has 1 aromatic carbocycles. The fraction of sp³-hybridized carbons (Fsp3) is 0.524. The molecule has 0 amide bonds. The number of ether oxygens (including phenoxy) is 1. The Kier molecular flexibility index (Phi) is 11.7. The van der Waals surface area contributed by atoms with Gasteiger partial charge in [0.05, 0.1) is 12.2 Å². The molecule has 2 N–H and O–H groups in total. The number of hydrogen-bond acceptors (Lipinski definition) is 5.